The minimum atomic E-state index is -0.993. The SMILES string of the molecule is O=C(O)CON=CC1CCSC1. The molecular weight excluding hydrogens is 178 g/mol. The van der Waals surface area contributed by atoms with Gasteiger partial charge in [0.2, 0.25) is 6.61 Å². The molecule has 4 nitrogen and oxygen atoms in total. The summed E-state index contributed by atoms with van der Waals surface area (Å²) >= 11 is 1.88. The number of rotatable bonds is 4. The summed E-state index contributed by atoms with van der Waals surface area (Å²) in [7, 11) is 0. The Hall–Kier alpha value is -0.710. The molecule has 0 aromatic carbocycles. The average Bonchev–Trinajstić information content (AvgIpc) is 2.49. The van der Waals surface area contributed by atoms with Crippen molar-refractivity contribution in [3.63, 3.8) is 0 Å². The molecule has 0 amide bonds. The third-order valence-electron chi connectivity index (χ3n) is 1.50. The van der Waals surface area contributed by atoms with Crippen LogP contribution in [0, 0.1) is 5.92 Å². The molecule has 0 spiro atoms. The van der Waals surface area contributed by atoms with Crippen molar-refractivity contribution in [3.05, 3.63) is 0 Å². The average molecular weight is 189 g/mol. The topological polar surface area (TPSA) is 58.9 Å². The third-order valence-corrected chi connectivity index (χ3v) is 2.69. The van der Waals surface area contributed by atoms with E-state index >= 15 is 0 Å². The van der Waals surface area contributed by atoms with Gasteiger partial charge in [-0.05, 0) is 12.2 Å². The Kier molecular flexibility index (Phi) is 3.93. The molecular formula is C7H11NO3S. The highest BCUT2D eigenvalue weighted by Crippen LogP contribution is 2.21. The fourth-order valence-corrected chi connectivity index (χ4v) is 2.08. The molecule has 1 aliphatic rings. The molecule has 0 aromatic heterocycles. The van der Waals surface area contributed by atoms with Crippen molar-refractivity contribution < 1.29 is 14.7 Å². The maximum Gasteiger partial charge on any atom is 0.344 e. The molecule has 0 aliphatic carbocycles. The van der Waals surface area contributed by atoms with Gasteiger partial charge in [-0.1, -0.05) is 5.16 Å². The van der Waals surface area contributed by atoms with Crippen LogP contribution < -0.4 is 0 Å². The number of carboxylic acid groups (broad SMARTS) is 1. The number of carboxylic acids is 1. The predicted molar refractivity (Wildman–Crippen MR) is 47.5 cm³/mol. The molecule has 5 heteroatoms. The number of hydrogen-bond donors (Lipinski definition) is 1. The first-order chi connectivity index (χ1) is 5.79. The zero-order valence-corrected chi connectivity index (χ0v) is 7.42. The van der Waals surface area contributed by atoms with Crippen LogP contribution in [0.5, 0.6) is 0 Å². The molecule has 1 unspecified atom stereocenters. The summed E-state index contributed by atoms with van der Waals surface area (Å²) in [4.78, 5) is 14.5. The number of hydrogen-bond acceptors (Lipinski definition) is 4. The molecule has 1 saturated heterocycles. The first kappa shape index (κ1) is 9.38. The second-order valence-corrected chi connectivity index (χ2v) is 3.70. The molecule has 1 N–H and O–H groups in total. The minimum Gasteiger partial charge on any atom is -0.479 e. The maximum absolute atomic E-state index is 9.99. The highest BCUT2D eigenvalue weighted by molar-refractivity contribution is 7.99. The molecule has 1 fully saturated rings. The summed E-state index contributed by atoms with van der Waals surface area (Å²) in [6, 6.07) is 0. The summed E-state index contributed by atoms with van der Waals surface area (Å²) in [6.07, 6.45) is 2.81. The lowest BCUT2D eigenvalue weighted by molar-refractivity contribution is -0.142. The van der Waals surface area contributed by atoms with E-state index in [1.165, 1.54) is 0 Å². The van der Waals surface area contributed by atoms with Crippen LogP contribution in [0.4, 0.5) is 0 Å². The summed E-state index contributed by atoms with van der Waals surface area (Å²) in [5.74, 6) is 1.70. The van der Waals surface area contributed by atoms with Crippen molar-refractivity contribution in [1.82, 2.24) is 0 Å². The van der Waals surface area contributed by atoms with E-state index in [4.69, 9.17) is 5.11 Å². The Morgan fingerprint density at radius 3 is 3.25 bits per heavy atom. The van der Waals surface area contributed by atoms with E-state index in [9.17, 15) is 4.79 Å². The van der Waals surface area contributed by atoms with Crippen LogP contribution in [-0.2, 0) is 9.63 Å². The number of nitrogens with zero attached hydrogens (tertiary/aromatic N) is 1. The van der Waals surface area contributed by atoms with Crippen LogP contribution in [0.25, 0.3) is 0 Å². The van der Waals surface area contributed by atoms with E-state index in [1.807, 2.05) is 11.8 Å². The summed E-state index contributed by atoms with van der Waals surface area (Å²) in [6.45, 7) is -0.351. The molecule has 1 heterocycles. The smallest absolute Gasteiger partial charge is 0.344 e. The van der Waals surface area contributed by atoms with Gasteiger partial charge in [-0.15, -0.1) is 0 Å². The third kappa shape index (κ3) is 3.61. The van der Waals surface area contributed by atoms with Gasteiger partial charge in [0.25, 0.3) is 0 Å². The van der Waals surface area contributed by atoms with Crippen molar-refractivity contribution >= 4 is 23.9 Å². The van der Waals surface area contributed by atoms with Crippen molar-refractivity contribution in [2.24, 2.45) is 11.1 Å². The number of oxime groups is 1. The van der Waals surface area contributed by atoms with Gasteiger partial charge < -0.3 is 9.94 Å². The molecule has 0 bridgehead atoms. The normalized spacial score (nSPS) is 23.2. The zero-order chi connectivity index (χ0) is 8.81. The Balaban J connectivity index is 2.08. The Labute approximate surface area is 75.0 Å². The number of thioether (sulfide) groups is 1. The number of aliphatic carboxylic acids is 1. The standard InChI is InChI=1S/C7H11NO3S/c9-7(10)4-11-8-3-6-1-2-12-5-6/h3,6H,1-2,4-5H2,(H,9,10). The van der Waals surface area contributed by atoms with E-state index < -0.39 is 5.97 Å². The lowest BCUT2D eigenvalue weighted by Crippen LogP contribution is -2.05. The van der Waals surface area contributed by atoms with E-state index in [2.05, 4.69) is 9.99 Å². The van der Waals surface area contributed by atoms with Gasteiger partial charge in [0.1, 0.15) is 0 Å². The lowest BCUT2D eigenvalue weighted by atomic mass is 10.1. The molecule has 1 atom stereocenters. The van der Waals surface area contributed by atoms with Gasteiger partial charge >= 0.3 is 5.97 Å². The first-order valence-electron chi connectivity index (χ1n) is 3.74. The van der Waals surface area contributed by atoms with Gasteiger partial charge in [-0.25, -0.2) is 4.79 Å². The molecule has 1 rings (SSSR count). The van der Waals surface area contributed by atoms with E-state index in [0.29, 0.717) is 5.92 Å². The van der Waals surface area contributed by atoms with Crippen LogP contribution in [0.3, 0.4) is 0 Å². The van der Waals surface area contributed by atoms with Crippen LogP contribution in [-0.4, -0.2) is 35.4 Å². The van der Waals surface area contributed by atoms with Crippen molar-refractivity contribution in [1.29, 1.82) is 0 Å². The maximum atomic E-state index is 9.99. The fraction of sp³-hybridized carbons (Fsp3) is 0.714. The van der Waals surface area contributed by atoms with Crippen molar-refractivity contribution in [2.45, 2.75) is 6.42 Å². The van der Waals surface area contributed by atoms with Crippen molar-refractivity contribution in [3.8, 4) is 0 Å². The van der Waals surface area contributed by atoms with Gasteiger partial charge in [0.05, 0.1) is 0 Å². The second kappa shape index (κ2) is 5.03. The van der Waals surface area contributed by atoms with Crippen LogP contribution in [0.1, 0.15) is 6.42 Å². The van der Waals surface area contributed by atoms with Crippen LogP contribution in [0.2, 0.25) is 0 Å². The van der Waals surface area contributed by atoms with Gasteiger partial charge in [0, 0.05) is 17.9 Å². The quantitative estimate of drug-likeness (QED) is 0.525. The highest BCUT2D eigenvalue weighted by atomic mass is 32.2. The van der Waals surface area contributed by atoms with Crippen LogP contribution in [0.15, 0.2) is 5.16 Å². The molecule has 0 saturated carbocycles. The number of carbonyl (C=O) groups is 1. The lowest BCUT2D eigenvalue weighted by Gasteiger charge is -1.97. The van der Waals surface area contributed by atoms with Gasteiger partial charge in [0.15, 0.2) is 0 Å². The summed E-state index contributed by atoms with van der Waals surface area (Å²) in [5, 5.41) is 11.8. The van der Waals surface area contributed by atoms with Gasteiger partial charge in [-0.3, -0.25) is 0 Å². The van der Waals surface area contributed by atoms with E-state index in [1.54, 1.807) is 6.21 Å². The first-order valence-corrected chi connectivity index (χ1v) is 4.89. The fourth-order valence-electron chi connectivity index (χ4n) is 0.892. The largest absolute Gasteiger partial charge is 0.479 e. The Morgan fingerprint density at radius 2 is 2.67 bits per heavy atom. The van der Waals surface area contributed by atoms with E-state index in [-0.39, 0.29) is 6.61 Å². The molecule has 0 radical (unpaired) electrons. The van der Waals surface area contributed by atoms with Gasteiger partial charge in [-0.2, -0.15) is 11.8 Å². The zero-order valence-electron chi connectivity index (χ0n) is 6.60. The van der Waals surface area contributed by atoms with Crippen LogP contribution >= 0.6 is 11.8 Å². The Morgan fingerprint density at radius 1 is 1.83 bits per heavy atom. The molecule has 68 valence electrons. The summed E-state index contributed by atoms with van der Waals surface area (Å²) in [5.41, 5.74) is 0. The second-order valence-electron chi connectivity index (χ2n) is 2.55. The van der Waals surface area contributed by atoms with Crippen molar-refractivity contribution in [2.75, 3.05) is 18.1 Å². The monoisotopic (exact) mass is 189 g/mol. The molecule has 1 aliphatic heterocycles. The summed E-state index contributed by atoms with van der Waals surface area (Å²) < 4.78 is 0. The highest BCUT2D eigenvalue weighted by Gasteiger charge is 2.12. The Bertz CT molecular complexity index is 177. The molecule has 0 aromatic rings. The van der Waals surface area contributed by atoms with E-state index in [0.717, 1.165) is 17.9 Å². The minimum absolute atomic E-state index is 0.351. The molecule has 12 heavy (non-hydrogen) atoms. The predicted octanol–water partition coefficient (Wildman–Crippen LogP) is 0.827.